The van der Waals surface area contributed by atoms with Crippen molar-refractivity contribution in [3.8, 4) is 5.75 Å². The largest absolute Gasteiger partial charge is 0.494 e. The molecule has 0 aromatic heterocycles. The van der Waals surface area contributed by atoms with Gasteiger partial charge in [-0.05, 0) is 63.4 Å². The second kappa shape index (κ2) is 11.0. The van der Waals surface area contributed by atoms with Crippen molar-refractivity contribution in [2.75, 3.05) is 19.7 Å². The molecule has 0 saturated heterocycles. The van der Waals surface area contributed by atoms with Crippen molar-refractivity contribution >= 4 is 11.9 Å². The number of nitrogens with one attached hydrogen (secondary N) is 1. The predicted molar refractivity (Wildman–Crippen MR) is 98.0 cm³/mol. The molecule has 0 aliphatic heterocycles. The van der Waals surface area contributed by atoms with Crippen LogP contribution in [0.4, 0.5) is 0 Å². The number of esters is 1. The number of ether oxygens (including phenoxy) is 2. The zero-order valence-electron chi connectivity index (χ0n) is 15.5. The van der Waals surface area contributed by atoms with Crippen molar-refractivity contribution < 1.29 is 19.1 Å². The molecule has 8 heteroatoms. The Hall–Kier alpha value is -2.73. The summed E-state index contributed by atoms with van der Waals surface area (Å²) in [6.07, 6.45) is 1.45. The quantitative estimate of drug-likeness (QED) is 0.225. The molecule has 142 valence electrons. The van der Waals surface area contributed by atoms with Gasteiger partial charge in [-0.1, -0.05) is 5.11 Å². The summed E-state index contributed by atoms with van der Waals surface area (Å²) in [7, 11) is 0. The van der Waals surface area contributed by atoms with E-state index in [1.165, 1.54) is 0 Å². The van der Waals surface area contributed by atoms with E-state index in [1.807, 2.05) is 20.8 Å². The van der Waals surface area contributed by atoms with Gasteiger partial charge in [-0.3, -0.25) is 9.59 Å². The van der Waals surface area contributed by atoms with Crippen LogP contribution in [0.2, 0.25) is 0 Å². The number of carbonyl (C=O) groups is 2. The fraction of sp³-hybridized carbons (Fsp3) is 0.556. The summed E-state index contributed by atoms with van der Waals surface area (Å²) in [5, 5.41) is 6.15. The maximum atomic E-state index is 11.9. The van der Waals surface area contributed by atoms with Crippen LogP contribution >= 0.6 is 0 Å². The summed E-state index contributed by atoms with van der Waals surface area (Å²) in [5.74, 6) is 0.199. The molecule has 0 heterocycles. The predicted octanol–water partition coefficient (Wildman–Crippen LogP) is 3.62. The van der Waals surface area contributed by atoms with Crippen LogP contribution in [0.1, 0.15) is 50.4 Å². The van der Waals surface area contributed by atoms with E-state index >= 15 is 0 Å². The molecule has 1 aromatic rings. The van der Waals surface area contributed by atoms with Crippen LogP contribution in [0, 0.1) is 0 Å². The van der Waals surface area contributed by atoms with Gasteiger partial charge in [0.2, 0.25) is 0 Å². The molecule has 0 radical (unpaired) electrons. The first-order valence-corrected chi connectivity index (χ1v) is 8.55. The summed E-state index contributed by atoms with van der Waals surface area (Å²) >= 11 is 0. The zero-order chi connectivity index (χ0) is 19.4. The first kappa shape index (κ1) is 21.3. The van der Waals surface area contributed by atoms with E-state index in [0.29, 0.717) is 50.3 Å². The van der Waals surface area contributed by atoms with E-state index in [4.69, 9.17) is 15.0 Å². The molecule has 1 N–H and O–H groups in total. The first-order chi connectivity index (χ1) is 12.3. The Kier molecular flexibility index (Phi) is 9.01. The molecule has 1 aromatic carbocycles. The van der Waals surface area contributed by atoms with Crippen LogP contribution in [-0.2, 0) is 9.53 Å². The minimum Gasteiger partial charge on any atom is -0.494 e. The van der Waals surface area contributed by atoms with Gasteiger partial charge in [-0.25, -0.2) is 0 Å². The average molecular weight is 362 g/mol. The lowest BCUT2D eigenvalue weighted by atomic mass is 10.2. The molecule has 0 fully saturated rings. The number of benzene rings is 1. The van der Waals surface area contributed by atoms with Gasteiger partial charge in [0.1, 0.15) is 11.4 Å². The number of carbonyl (C=O) groups excluding carboxylic acids is 2. The van der Waals surface area contributed by atoms with E-state index in [0.717, 1.165) is 0 Å². The van der Waals surface area contributed by atoms with E-state index in [9.17, 15) is 9.59 Å². The van der Waals surface area contributed by atoms with Crippen LogP contribution in [0.5, 0.6) is 5.75 Å². The molecule has 1 rings (SSSR count). The topological polar surface area (TPSA) is 113 Å². The van der Waals surface area contributed by atoms with Gasteiger partial charge >= 0.3 is 5.97 Å². The molecule has 0 saturated carbocycles. The molecule has 0 bridgehead atoms. The zero-order valence-corrected chi connectivity index (χ0v) is 15.5. The van der Waals surface area contributed by atoms with Crippen molar-refractivity contribution in [3.63, 3.8) is 0 Å². The van der Waals surface area contributed by atoms with Crippen LogP contribution in [-0.4, -0.2) is 37.2 Å². The number of azide groups is 1. The van der Waals surface area contributed by atoms with Gasteiger partial charge in [0.15, 0.2) is 0 Å². The second-order valence-corrected chi connectivity index (χ2v) is 6.63. The summed E-state index contributed by atoms with van der Waals surface area (Å²) in [4.78, 5) is 26.2. The minimum atomic E-state index is -0.475. The molecule has 0 aliphatic rings. The maximum Gasteiger partial charge on any atom is 0.306 e. The minimum absolute atomic E-state index is 0.192. The second-order valence-electron chi connectivity index (χ2n) is 6.63. The Morgan fingerprint density at radius 2 is 1.88 bits per heavy atom. The smallest absolute Gasteiger partial charge is 0.306 e. The van der Waals surface area contributed by atoms with Gasteiger partial charge < -0.3 is 14.8 Å². The monoisotopic (exact) mass is 362 g/mol. The van der Waals surface area contributed by atoms with Gasteiger partial charge in [-0.2, -0.15) is 0 Å². The molecule has 26 heavy (non-hydrogen) atoms. The number of hydrogen-bond acceptors (Lipinski definition) is 5. The van der Waals surface area contributed by atoms with E-state index < -0.39 is 5.60 Å². The van der Waals surface area contributed by atoms with Gasteiger partial charge in [0.05, 0.1) is 6.61 Å². The van der Waals surface area contributed by atoms with Crippen molar-refractivity contribution in [2.45, 2.75) is 45.6 Å². The van der Waals surface area contributed by atoms with Crippen molar-refractivity contribution in [1.29, 1.82) is 0 Å². The lowest BCUT2D eigenvalue weighted by Crippen LogP contribution is -2.24. The fourth-order valence-electron chi connectivity index (χ4n) is 2.00. The summed E-state index contributed by atoms with van der Waals surface area (Å²) in [6, 6.07) is 6.77. The Morgan fingerprint density at radius 1 is 1.19 bits per heavy atom. The molecule has 0 unspecified atom stereocenters. The molecule has 8 nitrogen and oxygen atoms in total. The third-order valence-electron chi connectivity index (χ3n) is 3.11. The van der Waals surface area contributed by atoms with E-state index in [-0.39, 0.29) is 11.9 Å². The summed E-state index contributed by atoms with van der Waals surface area (Å²) in [6.45, 7) is 6.69. The number of amides is 1. The summed E-state index contributed by atoms with van der Waals surface area (Å²) in [5.41, 5.74) is 8.21. The van der Waals surface area contributed by atoms with Gasteiger partial charge in [0, 0.05) is 30.0 Å². The SMILES string of the molecule is CC(C)(C)OC(=O)CCCOc1ccc(C(=O)NCCCN=[N+]=[N-])cc1. The van der Waals surface area contributed by atoms with Crippen LogP contribution in [0.15, 0.2) is 29.4 Å². The molecular formula is C18H26N4O4. The van der Waals surface area contributed by atoms with E-state index in [2.05, 4.69) is 15.3 Å². The van der Waals surface area contributed by atoms with Crippen molar-refractivity contribution in [1.82, 2.24) is 5.32 Å². The highest BCUT2D eigenvalue weighted by molar-refractivity contribution is 5.94. The van der Waals surface area contributed by atoms with Crippen molar-refractivity contribution in [3.05, 3.63) is 40.3 Å². The molecular weight excluding hydrogens is 336 g/mol. The highest BCUT2D eigenvalue weighted by atomic mass is 16.6. The number of nitrogens with zero attached hydrogens (tertiary/aromatic N) is 3. The molecule has 0 atom stereocenters. The Morgan fingerprint density at radius 3 is 2.50 bits per heavy atom. The first-order valence-electron chi connectivity index (χ1n) is 8.55. The molecule has 0 spiro atoms. The standard InChI is InChI=1S/C18H26N4O4/c1-18(2,3)26-16(23)6-4-13-25-15-9-7-14(8-10-15)17(24)20-11-5-12-21-22-19/h7-10H,4-6,11-13H2,1-3H3,(H,20,24). The molecule has 0 aliphatic carbocycles. The average Bonchev–Trinajstić information content (AvgIpc) is 2.57. The van der Waals surface area contributed by atoms with Crippen LogP contribution < -0.4 is 10.1 Å². The number of rotatable bonds is 10. The highest BCUT2D eigenvalue weighted by Crippen LogP contribution is 2.13. The third kappa shape index (κ3) is 9.54. The molecule has 1 amide bonds. The summed E-state index contributed by atoms with van der Waals surface area (Å²) < 4.78 is 10.8. The third-order valence-corrected chi connectivity index (χ3v) is 3.11. The van der Waals surface area contributed by atoms with Gasteiger partial charge in [-0.15, -0.1) is 0 Å². The lowest BCUT2D eigenvalue weighted by Gasteiger charge is -2.19. The van der Waals surface area contributed by atoms with Crippen LogP contribution in [0.3, 0.4) is 0 Å². The normalized spacial score (nSPS) is 10.6. The highest BCUT2D eigenvalue weighted by Gasteiger charge is 2.15. The lowest BCUT2D eigenvalue weighted by molar-refractivity contribution is -0.155. The van der Waals surface area contributed by atoms with Crippen molar-refractivity contribution in [2.24, 2.45) is 5.11 Å². The van der Waals surface area contributed by atoms with Crippen LogP contribution in [0.25, 0.3) is 10.4 Å². The maximum absolute atomic E-state index is 11.9. The fourth-order valence-corrected chi connectivity index (χ4v) is 2.00. The van der Waals surface area contributed by atoms with Gasteiger partial charge in [0.25, 0.3) is 5.91 Å². The van der Waals surface area contributed by atoms with E-state index in [1.54, 1.807) is 24.3 Å². The number of hydrogen-bond donors (Lipinski definition) is 1. The Labute approximate surface area is 153 Å². The Balaban J connectivity index is 2.28. The Bertz CT molecular complexity index is 632.